The van der Waals surface area contributed by atoms with Gasteiger partial charge in [0.25, 0.3) is 15.9 Å². The second-order valence-electron chi connectivity index (χ2n) is 7.11. The topological polar surface area (TPSA) is 88.2 Å². The van der Waals surface area contributed by atoms with E-state index in [1.165, 1.54) is 29.5 Å². The Bertz CT molecular complexity index is 1420. The zero-order valence-electron chi connectivity index (χ0n) is 17.2. The minimum Gasteiger partial charge on any atom is -0.298 e. The molecule has 3 aromatic carbocycles. The zero-order valence-corrected chi connectivity index (χ0v) is 19.6. The fraction of sp³-hybridized carbons (Fsp3) is 0.0435. The van der Waals surface area contributed by atoms with Crippen LogP contribution in [0.15, 0.2) is 77.0 Å². The van der Waals surface area contributed by atoms with Crippen LogP contribution in [0.1, 0.15) is 15.9 Å². The molecule has 0 unspecified atom stereocenters. The van der Waals surface area contributed by atoms with Gasteiger partial charge in [-0.2, -0.15) is 0 Å². The number of amides is 1. The van der Waals surface area contributed by atoms with E-state index in [9.17, 15) is 17.6 Å². The van der Waals surface area contributed by atoms with Crippen molar-refractivity contribution in [2.45, 2.75) is 11.8 Å². The van der Waals surface area contributed by atoms with E-state index < -0.39 is 21.7 Å². The van der Waals surface area contributed by atoms with Crippen LogP contribution in [0.3, 0.4) is 0 Å². The van der Waals surface area contributed by atoms with Gasteiger partial charge in [0.1, 0.15) is 5.82 Å². The number of nitrogens with zero attached hydrogens (tertiary/aromatic N) is 1. The summed E-state index contributed by atoms with van der Waals surface area (Å²) in [4.78, 5) is 17.3. The Balaban J connectivity index is 1.58. The molecular weight excluding hydrogens is 485 g/mol. The second kappa shape index (κ2) is 9.30. The summed E-state index contributed by atoms with van der Waals surface area (Å²) in [5, 5.41) is 5.31. The van der Waals surface area contributed by atoms with Crippen LogP contribution in [0.4, 0.5) is 15.2 Å². The molecule has 0 spiro atoms. The first-order chi connectivity index (χ1) is 15.7. The Morgan fingerprint density at radius 2 is 1.73 bits per heavy atom. The van der Waals surface area contributed by atoms with Crippen LogP contribution in [0.5, 0.6) is 0 Å². The molecule has 0 saturated heterocycles. The number of hydrogen-bond donors (Lipinski definition) is 2. The lowest BCUT2D eigenvalue weighted by Gasteiger charge is -2.12. The van der Waals surface area contributed by atoms with Crippen LogP contribution in [-0.2, 0) is 10.0 Å². The highest BCUT2D eigenvalue weighted by Crippen LogP contribution is 2.28. The molecule has 0 aliphatic heterocycles. The molecule has 4 rings (SSSR count). The fourth-order valence-corrected chi connectivity index (χ4v) is 4.88. The first kappa shape index (κ1) is 22.9. The summed E-state index contributed by atoms with van der Waals surface area (Å²) < 4.78 is 41.7. The summed E-state index contributed by atoms with van der Waals surface area (Å²) in [7, 11) is -4.03. The van der Waals surface area contributed by atoms with Gasteiger partial charge in [-0.25, -0.2) is 17.8 Å². The van der Waals surface area contributed by atoms with Crippen LogP contribution in [0.25, 0.3) is 11.3 Å². The van der Waals surface area contributed by atoms with Crippen molar-refractivity contribution in [3.8, 4) is 11.3 Å². The SMILES string of the molecule is Cc1ccc(S(=O)(=O)Nc2cc(F)ccc2C(=O)Nc2nc(-c3ccc(Cl)cc3)cs2)cc1. The van der Waals surface area contributed by atoms with E-state index in [0.717, 1.165) is 23.3 Å². The molecular formula is C23H17ClFN3O3S2. The highest BCUT2D eigenvalue weighted by Gasteiger charge is 2.20. The smallest absolute Gasteiger partial charge is 0.261 e. The van der Waals surface area contributed by atoms with E-state index in [0.29, 0.717) is 15.8 Å². The van der Waals surface area contributed by atoms with Crippen molar-refractivity contribution in [2.24, 2.45) is 0 Å². The van der Waals surface area contributed by atoms with Gasteiger partial charge in [-0.1, -0.05) is 41.4 Å². The Labute approximate surface area is 199 Å². The van der Waals surface area contributed by atoms with Crippen molar-refractivity contribution < 1.29 is 17.6 Å². The van der Waals surface area contributed by atoms with Crippen LogP contribution >= 0.6 is 22.9 Å². The van der Waals surface area contributed by atoms with E-state index in [2.05, 4.69) is 15.0 Å². The van der Waals surface area contributed by atoms with Crippen molar-refractivity contribution in [1.29, 1.82) is 0 Å². The molecule has 1 amide bonds. The number of aryl methyl sites for hydroxylation is 1. The maximum absolute atomic E-state index is 13.9. The summed E-state index contributed by atoms with van der Waals surface area (Å²) in [5.74, 6) is -1.32. The summed E-state index contributed by atoms with van der Waals surface area (Å²) in [6.45, 7) is 1.83. The Hall–Kier alpha value is -3.27. The number of halogens is 2. The van der Waals surface area contributed by atoms with Gasteiger partial charge >= 0.3 is 0 Å². The number of hydrogen-bond acceptors (Lipinski definition) is 5. The molecule has 33 heavy (non-hydrogen) atoms. The zero-order chi connectivity index (χ0) is 23.6. The maximum Gasteiger partial charge on any atom is 0.261 e. The molecule has 0 atom stereocenters. The van der Waals surface area contributed by atoms with Crippen LogP contribution < -0.4 is 10.0 Å². The van der Waals surface area contributed by atoms with Gasteiger partial charge in [0.05, 0.1) is 21.8 Å². The van der Waals surface area contributed by atoms with Gasteiger partial charge in [-0.05, 0) is 49.4 Å². The molecule has 1 aromatic heterocycles. The number of nitrogens with one attached hydrogen (secondary N) is 2. The average molecular weight is 502 g/mol. The van der Waals surface area contributed by atoms with Crippen molar-refractivity contribution in [1.82, 2.24) is 4.98 Å². The number of rotatable bonds is 6. The quantitative estimate of drug-likeness (QED) is 0.341. The number of carbonyl (C=O) groups is 1. The minimum atomic E-state index is -4.03. The third-order valence-electron chi connectivity index (χ3n) is 4.67. The van der Waals surface area contributed by atoms with Crippen LogP contribution in [0, 0.1) is 12.7 Å². The number of anilines is 2. The van der Waals surface area contributed by atoms with E-state index in [-0.39, 0.29) is 16.1 Å². The largest absolute Gasteiger partial charge is 0.298 e. The summed E-state index contributed by atoms with van der Waals surface area (Å²) >= 11 is 7.11. The third-order valence-corrected chi connectivity index (χ3v) is 7.06. The summed E-state index contributed by atoms with van der Waals surface area (Å²) in [6, 6.07) is 16.5. The van der Waals surface area contributed by atoms with Gasteiger partial charge < -0.3 is 0 Å². The van der Waals surface area contributed by atoms with Crippen LogP contribution in [-0.4, -0.2) is 19.3 Å². The molecule has 0 radical (unpaired) electrons. The fourth-order valence-electron chi connectivity index (χ4n) is 2.97. The molecule has 0 saturated carbocycles. The molecule has 10 heteroatoms. The summed E-state index contributed by atoms with van der Waals surface area (Å²) in [5.41, 5.74) is 2.13. The van der Waals surface area contributed by atoms with Gasteiger partial charge in [-0.3, -0.25) is 14.8 Å². The highest BCUT2D eigenvalue weighted by molar-refractivity contribution is 7.92. The average Bonchev–Trinajstić information content (AvgIpc) is 3.22. The number of sulfonamides is 1. The van der Waals surface area contributed by atoms with Gasteiger partial charge in [0.2, 0.25) is 0 Å². The third kappa shape index (κ3) is 5.39. The van der Waals surface area contributed by atoms with E-state index in [1.807, 2.05) is 6.92 Å². The number of thiazole rings is 1. The summed E-state index contributed by atoms with van der Waals surface area (Å²) in [6.07, 6.45) is 0. The minimum absolute atomic E-state index is 0.00347. The molecule has 0 aliphatic rings. The first-order valence-electron chi connectivity index (χ1n) is 9.63. The van der Waals surface area contributed by atoms with E-state index in [4.69, 9.17) is 11.6 Å². The van der Waals surface area contributed by atoms with Crippen molar-refractivity contribution in [3.05, 3.63) is 94.1 Å². The lowest BCUT2D eigenvalue weighted by molar-refractivity contribution is 0.102. The molecule has 0 fully saturated rings. The van der Waals surface area contributed by atoms with Gasteiger partial charge in [0, 0.05) is 16.0 Å². The Morgan fingerprint density at radius 1 is 1.03 bits per heavy atom. The molecule has 168 valence electrons. The number of aromatic nitrogens is 1. The Morgan fingerprint density at radius 3 is 2.42 bits per heavy atom. The van der Waals surface area contributed by atoms with Crippen LogP contribution in [0.2, 0.25) is 5.02 Å². The first-order valence-corrected chi connectivity index (χ1v) is 12.4. The highest BCUT2D eigenvalue weighted by atomic mass is 35.5. The van der Waals surface area contributed by atoms with E-state index in [1.54, 1.807) is 41.8 Å². The van der Waals surface area contributed by atoms with Crippen molar-refractivity contribution >= 4 is 49.7 Å². The van der Waals surface area contributed by atoms with Gasteiger partial charge in [0.15, 0.2) is 5.13 Å². The number of benzene rings is 3. The second-order valence-corrected chi connectivity index (χ2v) is 10.1. The lowest BCUT2D eigenvalue weighted by atomic mass is 10.1. The molecule has 2 N–H and O–H groups in total. The van der Waals surface area contributed by atoms with E-state index >= 15 is 0 Å². The number of carbonyl (C=O) groups excluding carboxylic acids is 1. The normalized spacial score (nSPS) is 11.2. The maximum atomic E-state index is 13.9. The van der Waals surface area contributed by atoms with Gasteiger partial charge in [-0.15, -0.1) is 11.3 Å². The molecule has 0 bridgehead atoms. The molecule has 0 aliphatic carbocycles. The monoisotopic (exact) mass is 501 g/mol. The molecule has 1 heterocycles. The Kier molecular flexibility index (Phi) is 6.46. The lowest BCUT2D eigenvalue weighted by Crippen LogP contribution is -2.19. The molecule has 6 nitrogen and oxygen atoms in total. The standard InChI is InChI=1S/C23H17ClFN3O3S2/c1-14-2-9-18(10-3-14)33(30,31)28-20-12-17(25)8-11-19(20)22(29)27-23-26-21(13-32-23)15-4-6-16(24)7-5-15/h2-13,28H,1H3,(H,26,27,29). The van der Waals surface area contributed by atoms with Crippen molar-refractivity contribution in [3.63, 3.8) is 0 Å². The van der Waals surface area contributed by atoms with Crippen molar-refractivity contribution in [2.75, 3.05) is 10.0 Å². The predicted octanol–water partition coefficient (Wildman–Crippen LogP) is 5.96. The molecule has 4 aromatic rings. The predicted molar refractivity (Wildman–Crippen MR) is 129 cm³/mol.